The van der Waals surface area contributed by atoms with Gasteiger partial charge >= 0.3 is 0 Å². The van der Waals surface area contributed by atoms with Crippen LogP contribution in [0.3, 0.4) is 0 Å². The van der Waals surface area contributed by atoms with Crippen LogP contribution in [0.2, 0.25) is 0 Å². The van der Waals surface area contributed by atoms with Gasteiger partial charge in [0.2, 0.25) is 0 Å². The third-order valence-electron chi connectivity index (χ3n) is 4.09. The summed E-state index contributed by atoms with van der Waals surface area (Å²) in [6.07, 6.45) is 0. The Balaban J connectivity index is 1.88. The Morgan fingerprint density at radius 1 is 1.20 bits per heavy atom. The lowest BCUT2D eigenvalue weighted by molar-refractivity contribution is 0.0821. The van der Waals surface area contributed by atoms with E-state index in [0.717, 1.165) is 32.7 Å². The van der Waals surface area contributed by atoms with Crippen molar-refractivity contribution in [2.75, 3.05) is 26.2 Å². The molecule has 0 aromatic heterocycles. The normalized spacial score (nSPS) is 18.1. The van der Waals surface area contributed by atoms with Gasteiger partial charge in [0, 0.05) is 36.3 Å². The van der Waals surface area contributed by atoms with E-state index in [1.807, 2.05) is 0 Å². The summed E-state index contributed by atoms with van der Waals surface area (Å²) in [7, 11) is 0. The van der Waals surface area contributed by atoms with Gasteiger partial charge in [-0.05, 0) is 54.1 Å². The summed E-state index contributed by atoms with van der Waals surface area (Å²) in [5, 5.41) is 0. The molecule has 0 aliphatic carbocycles. The van der Waals surface area contributed by atoms with Crippen molar-refractivity contribution in [1.82, 2.24) is 9.80 Å². The molecule has 1 aromatic carbocycles. The lowest BCUT2D eigenvalue weighted by Gasteiger charge is -2.43. The summed E-state index contributed by atoms with van der Waals surface area (Å²) in [6.45, 7) is 9.44. The Hall–Kier alpha value is -0.240. The molecule has 1 fully saturated rings. The second-order valence-corrected chi connectivity index (χ2v) is 7.50. The average Bonchev–Trinajstić information content (AvgIpc) is 2.42. The van der Waals surface area contributed by atoms with E-state index in [1.165, 1.54) is 9.13 Å². The molecular weight excluding hydrogens is 381 g/mol. The molecule has 0 unspecified atom stereocenters. The molecule has 0 amide bonds. The molecule has 1 saturated heterocycles. The maximum absolute atomic E-state index is 5.85. The zero-order valence-electron chi connectivity index (χ0n) is 12.1. The molecule has 0 saturated carbocycles. The van der Waals surface area contributed by atoms with Gasteiger partial charge in [0.05, 0.1) is 10.5 Å². The maximum atomic E-state index is 5.85. The van der Waals surface area contributed by atoms with E-state index in [1.54, 1.807) is 0 Å². The van der Waals surface area contributed by atoms with Gasteiger partial charge in [0.1, 0.15) is 0 Å². The SMILES string of the molecule is CC(C)(C(N)=S)N1CCN(Cc2ccc(I)cc2)CC1. The number of piperazine rings is 1. The highest BCUT2D eigenvalue weighted by Gasteiger charge is 2.32. The third kappa shape index (κ3) is 3.90. The van der Waals surface area contributed by atoms with Crippen LogP contribution in [0.4, 0.5) is 0 Å². The van der Waals surface area contributed by atoms with Crippen molar-refractivity contribution in [3.05, 3.63) is 33.4 Å². The molecule has 1 aliphatic rings. The second-order valence-electron chi connectivity index (χ2n) is 5.81. The van der Waals surface area contributed by atoms with Gasteiger partial charge in [0.25, 0.3) is 0 Å². The minimum Gasteiger partial charge on any atom is -0.392 e. The third-order valence-corrected chi connectivity index (χ3v) is 5.30. The standard InChI is InChI=1S/C15H22IN3S/c1-15(2,14(17)20)19-9-7-18(8-10-19)11-12-3-5-13(16)6-4-12/h3-6H,7-11H2,1-2H3,(H2,17,20). The van der Waals surface area contributed by atoms with Gasteiger partial charge in [-0.2, -0.15) is 0 Å². The molecule has 0 bridgehead atoms. The van der Waals surface area contributed by atoms with E-state index in [2.05, 4.69) is 70.5 Å². The number of benzene rings is 1. The molecule has 0 atom stereocenters. The van der Waals surface area contributed by atoms with Crippen LogP contribution in [0.15, 0.2) is 24.3 Å². The molecule has 5 heteroatoms. The lowest BCUT2D eigenvalue weighted by atomic mass is 10.0. The highest BCUT2D eigenvalue weighted by atomic mass is 127. The van der Waals surface area contributed by atoms with Crippen LogP contribution in [-0.4, -0.2) is 46.5 Å². The Labute approximate surface area is 140 Å². The highest BCUT2D eigenvalue weighted by Crippen LogP contribution is 2.18. The highest BCUT2D eigenvalue weighted by molar-refractivity contribution is 14.1. The Morgan fingerprint density at radius 3 is 2.25 bits per heavy atom. The first-order valence-electron chi connectivity index (χ1n) is 6.91. The smallest absolute Gasteiger partial charge is 0.0928 e. The minimum absolute atomic E-state index is 0.176. The molecule has 1 aliphatic heterocycles. The molecule has 20 heavy (non-hydrogen) atoms. The van der Waals surface area contributed by atoms with Crippen LogP contribution in [0, 0.1) is 3.57 Å². The van der Waals surface area contributed by atoms with Crippen molar-refractivity contribution in [3.8, 4) is 0 Å². The van der Waals surface area contributed by atoms with Gasteiger partial charge in [-0.1, -0.05) is 24.4 Å². The van der Waals surface area contributed by atoms with Gasteiger partial charge in [-0.15, -0.1) is 0 Å². The number of thiocarbonyl (C=S) groups is 1. The zero-order chi connectivity index (χ0) is 14.8. The summed E-state index contributed by atoms with van der Waals surface area (Å²) in [5.41, 5.74) is 7.05. The lowest BCUT2D eigenvalue weighted by Crippen LogP contribution is -2.59. The topological polar surface area (TPSA) is 32.5 Å². The van der Waals surface area contributed by atoms with E-state index in [-0.39, 0.29) is 5.54 Å². The Kier molecular flexibility index (Phi) is 5.39. The summed E-state index contributed by atoms with van der Waals surface area (Å²) in [4.78, 5) is 5.47. The molecule has 2 N–H and O–H groups in total. The first-order valence-corrected chi connectivity index (χ1v) is 8.40. The number of nitrogens with zero attached hydrogens (tertiary/aromatic N) is 2. The summed E-state index contributed by atoms with van der Waals surface area (Å²) in [6, 6.07) is 8.77. The molecule has 1 aromatic rings. The number of hydrogen-bond donors (Lipinski definition) is 1. The summed E-state index contributed by atoms with van der Waals surface area (Å²) >= 11 is 7.52. The van der Waals surface area contributed by atoms with Crippen LogP contribution in [-0.2, 0) is 6.54 Å². The van der Waals surface area contributed by atoms with E-state index >= 15 is 0 Å². The second kappa shape index (κ2) is 6.68. The predicted molar refractivity (Wildman–Crippen MR) is 96.9 cm³/mol. The van der Waals surface area contributed by atoms with Crippen molar-refractivity contribution in [2.45, 2.75) is 25.9 Å². The van der Waals surface area contributed by atoms with Gasteiger partial charge < -0.3 is 5.73 Å². The number of hydrogen-bond acceptors (Lipinski definition) is 3. The largest absolute Gasteiger partial charge is 0.392 e. The van der Waals surface area contributed by atoms with Crippen LogP contribution in [0.25, 0.3) is 0 Å². The average molecular weight is 403 g/mol. The summed E-state index contributed by atoms with van der Waals surface area (Å²) in [5.74, 6) is 0. The van der Waals surface area contributed by atoms with Gasteiger partial charge in [-0.25, -0.2) is 0 Å². The number of rotatable bonds is 4. The van der Waals surface area contributed by atoms with E-state index in [4.69, 9.17) is 18.0 Å². The van der Waals surface area contributed by atoms with Crippen molar-refractivity contribution >= 4 is 39.8 Å². The first kappa shape index (κ1) is 16.1. The fourth-order valence-electron chi connectivity index (χ4n) is 2.47. The minimum atomic E-state index is -0.176. The number of nitrogens with two attached hydrogens (primary N) is 1. The van der Waals surface area contributed by atoms with Crippen molar-refractivity contribution < 1.29 is 0 Å². The molecular formula is C15H22IN3S. The maximum Gasteiger partial charge on any atom is 0.0928 e. The van der Waals surface area contributed by atoms with E-state index in [0.29, 0.717) is 4.99 Å². The molecule has 2 rings (SSSR count). The first-order chi connectivity index (χ1) is 9.39. The van der Waals surface area contributed by atoms with Crippen molar-refractivity contribution in [1.29, 1.82) is 0 Å². The van der Waals surface area contributed by atoms with Crippen LogP contribution in [0.1, 0.15) is 19.4 Å². The van der Waals surface area contributed by atoms with Crippen molar-refractivity contribution in [3.63, 3.8) is 0 Å². The van der Waals surface area contributed by atoms with Crippen molar-refractivity contribution in [2.24, 2.45) is 5.73 Å². The zero-order valence-corrected chi connectivity index (χ0v) is 15.1. The summed E-state index contributed by atoms with van der Waals surface area (Å²) < 4.78 is 1.29. The van der Waals surface area contributed by atoms with Crippen LogP contribution in [0.5, 0.6) is 0 Å². The molecule has 3 nitrogen and oxygen atoms in total. The quantitative estimate of drug-likeness (QED) is 0.619. The molecule has 1 heterocycles. The van der Waals surface area contributed by atoms with E-state index in [9.17, 15) is 0 Å². The predicted octanol–water partition coefficient (Wildman–Crippen LogP) is 2.47. The monoisotopic (exact) mass is 403 g/mol. The van der Waals surface area contributed by atoms with Crippen LogP contribution >= 0.6 is 34.8 Å². The van der Waals surface area contributed by atoms with E-state index < -0.39 is 0 Å². The molecule has 110 valence electrons. The fraction of sp³-hybridized carbons (Fsp3) is 0.533. The van der Waals surface area contributed by atoms with Gasteiger partial charge in [0.15, 0.2) is 0 Å². The fourth-order valence-corrected chi connectivity index (χ4v) is 2.96. The number of halogens is 1. The van der Waals surface area contributed by atoms with Gasteiger partial charge in [-0.3, -0.25) is 9.80 Å². The molecule has 0 spiro atoms. The Bertz CT molecular complexity index is 465. The van der Waals surface area contributed by atoms with Crippen LogP contribution < -0.4 is 5.73 Å². The Morgan fingerprint density at radius 2 is 1.75 bits per heavy atom. The molecule has 0 radical (unpaired) electrons.